The van der Waals surface area contributed by atoms with Crippen LogP contribution in [-0.2, 0) is 4.79 Å². The molecule has 18 heavy (non-hydrogen) atoms. The lowest BCUT2D eigenvalue weighted by Gasteiger charge is -2.33. The Balaban J connectivity index is 2.45. The van der Waals surface area contributed by atoms with Crippen LogP contribution in [0.5, 0.6) is 0 Å². The number of rotatable bonds is 1. The van der Waals surface area contributed by atoms with Crippen LogP contribution in [0.2, 0.25) is 0 Å². The molecule has 1 unspecified atom stereocenters. The number of amides is 1. The highest BCUT2D eigenvalue weighted by molar-refractivity contribution is 6.01. The molecule has 1 fully saturated rings. The summed E-state index contributed by atoms with van der Waals surface area (Å²) in [6, 6.07) is 8.32. The second-order valence-electron chi connectivity index (χ2n) is 5.65. The first-order valence-electron chi connectivity index (χ1n) is 6.58. The Hall–Kier alpha value is -1.35. The quantitative estimate of drug-likeness (QED) is 0.825. The molecule has 3 heteroatoms. The molecule has 1 aromatic carbocycles. The summed E-state index contributed by atoms with van der Waals surface area (Å²) in [5.41, 5.74) is 1.69. The van der Waals surface area contributed by atoms with Crippen LogP contribution < -0.4 is 10.2 Å². The van der Waals surface area contributed by atoms with E-state index in [0.717, 1.165) is 24.2 Å². The summed E-state index contributed by atoms with van der Waals surface area (Å²) in [7, 11) is 0. The van der Waals surface area contributed by atoms with Crippen LogP contribution in [0.1, 0.15) is 32.8 Å². The van der Waals surface area contributed by atoms with Crippen LogP contribution in [-0.4, -0.2) is 24.0 Å². The zero-order valence-corrected chi connectivity index (χ0v) is 11.7. The average molecular weight is 246 g/mol. The maximum absolute atomic E-state index is 12.7. The van der Waals surface area contributed by atoms with Gasteiger partial charge in [0.25, 0.3) is 0 Å². The first kappa shape index (κ1) is 13.1. The summed E-state index contributed by atoms with van der Waals surface area (Å²) in [6.07, 6.45) is 0.976. The van der Waals surface area contributed by atoms with E-state index >= 15 is 0 Å². The van der Waals surface area contributed by atoms with Gasteiger partial charge in [-0.1, -0.05) is 18.2 Å². The van der Waals surface area contributed by atoms with E-state index in [1.807, 2.05) is 36.9 Å². The number of para-hydroxylation sites is 1. The van der Waals surface area contributed by atoms with Crippen molar-refractivity contribution >= 4 is 11.6 Å². The highest BCUT2D eigenvalue weighted by Gasteiger charge is 2.37. The van der Waals surface area contributed by atoms with Crippen molar-refractivity contribution in [3.05, 3.63) is 29.8 Å². The summed E-state index contributed by atoms with van der Waals surface area (Å²) >= 11 is 0. The number of hydrogen-bond donors (Lipinski definition) is 1. The number of hydrogen-bond acceptors (Lipinski definition) is 2. The molecule has 98 valence electrons. The van der Waals surface area contributed by atoms with Crippen LogP contribution in [0.3, 0.4) is 0 Å². The molecule has 0 radical (unpaired) electrons. The Bertz CT molecular complexity index is 454. The van der Waals surface area contributed by atoms with Crippen molar-refractivity contribution in [2.75, 3.05) is 11.4 Å². The molecule has 0 bridgehead atoms. The van der Waals surface area contributed by atoms with Crippen LogP contribution in [0, 0.1) is 6.92 Å². The lowest BCUT2D eigenvalue weighted by molar-refractivity contribution is -0.123. The number of anilines is 1. The lowest BCUT2D eigenvalue weighted by atomic mass is 10.0. The second-order valence-corrected chi connectivity index (χ2v) is 5.65. The van der Waals surface area contributed by atoms with E-state index < -0.39 is 5.54 Å². The average Bonchev–Trinajstić information content (AvgIpc) is 2.39. The van der Waals surface area contributed by atoms with Gasteiger partial charge in [0.15, 0.2) is 0 Å². The molecule has 1 saturated heterocycles. The third kappa shape index (κ3) is 2.27. The SMILES string of the molecule is Cc1ccccc1N1C(=O)C(C)(C)NCCC1C. The van der Waals surface area contributed by atoms with Gasteiger partial charge in [0.05, 0.1) is 5.54 Å². The highest BCUT2D eigenvalue weighted by atomic mass is 16.2. The molecule has 2 rings (SSSR count). The summed E-state index contributed by atoms with van der Waals surface area (Å²) in [6.45, 7) is 8.97. The summed E-state index contributed by atoms with van der Waals surface area (Å²) in [5, 5.41) is 3.33. The standard InChI is InChI=1S/C15H22N2O/c1-11-7-5-6-8-13(11)17-12(2)9-10-16-15(3,4)14(17)18/h5-8,12,16H,9-10H2,1-4H3. The maximum atomic E-state index is 12.7. The molecule has 1 aromatic rings. The van der Waals surface area contributed by atoms with E-state index in [1.54, 1.807) is 0 Å². The topological polar surface area (TPSA) is 32.3 Å². The van der Waals surface area contributed by atoms with Gasteiger partial charge in [-0.3, -0.25) is 4.79 Å². The molecular weight excluding hydrogens is 224 g/mol. The molecule has 0 spiro atoms. The summed E-state index contributed by atoms with van der Waals surface area (Å²) < 4.78 is 0. The van der Waals surface area contributed by atoms with Crippen molar-refractivity contribution in [2.24, 2.45) is 0 Å². The van der Waals surface area contributed by atoms with E-state index in [4.69, 9.17) is 0 Å². The fourth-order valence-corrected chi connectivity index (χ4v) is 2.48. The monoisotopic (exact) mass is 246 g/mol. The van der Waals surface area contributed by atoms with Gasteiger partial charge in [-0.2, -0.15) is 0 Å². The number of aryl methyl sites for hydroxylation is 1. The molecule has 1 heterocycles. The second kappa shape index (κ2) is 4.73. The Kier molecular flexibility index (Phi) is 3.44. The van der Waals surface area contributed by atoms with Crippen molar-refractivity contribution in [2.45, 2.75) is 45.7 Å². The number of carbonyl (C=O) groups excluding carboxylic acids is 1. The molecule has 1 aliphatic heterocycles. The normalized spacial score (nSPS) is 23.9. The van der Waals surface area contributed by atoms with Crippen LogP contribution in [0.4, 0.5) is 5.69 Å². The minimum Gasteiger partial charge on any atom is -0.308 e. The van der Waals surface area contributed by atoms with E-state index in [2.05, 4.69) is 25.2 Å². The summed E-state index contributed by atoms with van der Waals surface area (Å²) in [5.74, 6) is 0.154. The van der Waals surface area contributed by atoms with Gasteiger partial charge < -0.3 is 10.2 Å². The fourth-order valence-electron chi connectivity index (χ4n) is 2.48. The lowest BCUT2D eigenvalue weighted by Crippen LogP contribution is -2.53. The minimum atomic E-state index is -0.493. The van der Waals surface area contributed by atoms with Crippen molar-refractivity contribution in [1.29, 1.82) is 0 Å². The molecular formula is C15H22N2O. The van der Waals surface area contributed by atoms with Gasteiger partial charge in [-0.25, -0.2) is 0 Å². The van der Waals surface area contributed by atoms with Crippen molar-refractivity contribution in [1.82, 2.24) is 5.32 Å². The zero-order chi connectivity index (χ0) is 13.3. The van der Waals surface area contributed by atoms with Gasteiger partial charge in [0.2, 0.25) is 5.91 Å². The fraction of sp³-hybridized carbons (Fsp3) is 0.533. The van der Waals surface area contributed by atoms with Gasteiger partial charge in [0.1, 0.15) is 0 Å². The number of nitrogens with one attached hydrogen (secondary N) is 1. The molecule has 0 aromatic heterocycles. The van der Waals surface area contributed by atoms with Gasteiger partial charge in [-0.05, 0) is 52.3 Å². The first-order chi connectivity index (χ1) is 8.43. The Morgan fingerprint density at radius 1 is 1.33 bits per heavy atom. The Morgan fingerprint density at radius 2 is 2.00 bits per heavy atom. The number of nitrogens with zero attached hydrogens (tertiary/aromatic N) is 1. The highest BCUT2D eigenvalue weighted by Crippen LogP contribution is 2.27. The van der Waals surface area contributed by atoms with E-state index in [-0.39, 0.29) is 11.9 Å². The number of benzene rings is 1. The van der Waals surface area contributed by atoms with Gasteiger partial charge in [-0.15, -0.1) is 0 Å². The molecule has 1 amide bonds. The molecule has 1 N–H and O–H groups in total. The van der Waals surface area contributed by atoms with E-state index in [9.17, 15) is 4.79 Å². The molecule has 3 nitrogen and oxygen atoms in total. The van der Waals surface area contributed by atoms with E-state index in [1.165, 1.54) is 0 Å². The van der Waals surface area contributed by atoms with Gasteiger partial charge in [0, 0.05) is 11.7 Å². The van der Waals surface area contributed by atoms with Crippen molar-refractivity contribution in [3.63, 3.8) is 0 Å². The Labute approximate surface area is 109 Å². The van der Waals surface area contributed by atoms with Gasteiger partial charge >= 0.3 is 0 Å². The third-order valence-electron chi connectivity index (χ3n) is 3.70. The largest absolute Gasteiger partial charge is 0.308 e. The van der Waals surface area contributed by atoms with Crippen LogP contribution in [0.25, 0.3) is 0 Å². The summed E-state index contributed by atoms with van der Waals surface area (Å²) in [4.78, 5) is 14.6. The molecule has 1 aliphatic rings. The minimum absolute atomic E-state index is 0.154. The predicted octanol–water partition coefficient (Wildman–Crippen LogP) is 2.49. The Morgan fingerprint density at radius 3 is 2.67 bits per heavy atom. The van der Waals surface area contributed by atoms with Crippen LogP contribution >= 0.6 is 0 Å². The predicted molar refractivity (Wildman–Crippen MR) is 74.8 cm³/mol. The van der Waals surface area contributed by atoms with Crippen LogP contribution in [0.15, 0.2) is 24.3 Å². The first-order valence-corrected chi connectivity index (χ1v) is 6.58. The zero-order valence-electron chi connectivity index (χ0n) is 11.7. The third-order valence-corrected chi connectivity index (χ3v) is 3.70. The molecule has 0 aliphatic carbocycles. The molecule has 0 saturated carbocycles. The molecule has 1 atom stereocenters. The van der Waals surface area contributed by atoms with E-state index in [0.29, 0.717) is 0 Å². The van der Waals surface area contributed by atoms with Crippen molar-refractivity contribution in [3.8, 4) is 0 Å². The maximum Gasteiger partial charge on any atom is 0.246 e. The smallest absolute Gasteiger partial charge is 0.246 e. The van der Waals surface area contributed by atoms with Crippen molar-refractivity contribution < 1.29 is 4.79 Å². The number of carbonyl (C=O) groups is 1.